The van der Waals surface area contributed by atoms with E-state index in [-0.39, 0.29) is 5.97 Å². The molecule has 0 saturated heterocycles. The molecule has 0 amide bonds. The van der Waals surface area contributed by atoms with Crippen LogP contribution in [0.4, 0.5) is 0 Å². The Hall–Kier alpha value is -2.21. The van der Waals surface area contributed by atoms with Gasteiger partial charge in [-0.1, -0.05) is 5.73 Å². The molecule has 0 spiro atoms. The lowest BCUT2D eigenvalue weighted by Gasteiger charge is -2.21. The molecule has 1 aliphatic heterocycles. The number of carbonyl (C=O) groups excluding carboxylic acids is 1. The van der Waals surface area contributed by atoms with Crippen molar-refractivity contribution in [3.63, 3.8) is 0 Å². The third-order valence-corrected chi connectivity index (χ3v) is 3.38. The molecule has 1 aliphatic carbocycles. The molecule has 3 nitrogen and oxygen atoms in total. The Morgan fingerprint density at radius 2 is 2.16 bits per heavy atom. The lowest BCUT2D eigenvalue weighted by Crippen LogP contribution is -2.17. The first-order valence-corrected chi connectivity index (χ1v) is 6.18. The van der Waals surface area contributed by atoms with E-state index in [0.717, 1.165) is 22.3 Å². The highest BCUT2D eigenvalue weighted by Gasteiger charge is 2.41. The van der Waals surface area contributed by atoms with Crippen molar-refractivity contribution in [2.75, 3.05) is 0 Å². The van der Waals surface area contributed by atoms with Crippen LogP contribution in [0.15, 0.2) is 17.5 Å². The Morgan fingerprint density at radius 3 is 2.84 bits per heavy atom. The molecule has 2 aliphatic rings. The van der Waals surface area contributed by atoms with Gasteiger partial charge in [0.05, 0.1) is 0 Å². The topological polar surface area (TPSA) is 35.5 Å². The summed E-state index contributed by atoms with van der Waals surface area (Å²) >= 11 is 0. The van der Waals surface area contributed by atoms with Crippen LogP contribution in [0.25, 0.3) is 11.8 Å². The molecular formula is C16H14O3. The minimum Gasteiger partial charge on any atom is -0.474 e. The van der Waals surface area contributed by atoms with Gasteiger partial charge in [-0.3, -0.25) is 4.79 Å². The molecule has 0 N–H and O–H groups in total. The summed E-state index contributed by atoms with van der Waals surface area (Å²) in [6, 6.07) is 1.88. The van der Waals surface area contributed by atoms with Gasteiger partial charge in [-0.2, -0.15) is 0 Å². The third kappa shape index (κ3) is 1.64. The standard InChI is InChI=1S/C16H14O3/c1-9-8-13(18-10(2)17)15-14-11(9)6-5-7-12(14)19-16(15,3)4/h6,8H,1-4H3. The fourth-order valence-corrected chi connectivity index (χ4v) is 2.68. The Labute approximate surface area is 111 Å². The van der Waals surface area contributed by atoms with Gasteiger partial charge >= 0.3 is 5.97 Å². The number of rotatable bonds is 1. The first kappa shape index (κ1) is 11.9. The summed E-state index contributed by atoms with van der Waals surface area (Å²) in [5.41, 5.74) is 9.39. The summed E-state index contributed by atoms with van der Waals surface area (Å²) in [4.78, 5) is 11.3. The Balaban J connectivity index is 2.36. The third-order valence-electron chi connectivity index (χ3n) is 3.38. The zero-order valence-electron chi connectivity index (χ0n) is 11.4. The van der Waals surface area contributed by atoms with Crippen molar-refractivity contribution < 1.29 is 14.3 Å². The number of benzene rings is 1. The van der Waals surface area contributed by atoms with Crippen LogP contribution in [0, 0.1) is 6.92 Å². The van der Waals surface area contributed by atoms with E-state index in [4.69, 9.17) is 9.47 Å². The maximum atomic E-state index is 11.3. The van der Waals surface area contributed by atoms with Crippen LogP contribution in [-0.2, 0) is 15.1 Å². The molecular weight excluding hydrogens is 240 g/mol. The van der Waals surface area contributed by atoms with E-state index in [9.17, 15) is 4.79 Å². The molecule has 0 radical (unpaired) electrons. The van der Waals surface area contributed by atoms with Crippen LogP contribution in [-0.4, -0.2) is 5.97 Å². The number of hydrogen-bond donors (Lipinski definition) is 0. The van der Waals surface area contributed by atoms with Crippen molar-refractivity contribution in [3.8, 4) is 5.75 Å². The maximum absolute atomic E-state index is 11.3. The van der Waals surface area contributed by atoms with E-state index in [0.29, 0.717) is 11.5 Å². The first-order valence-electron chi connectivity index (χ1n) is 6.18. The molecule has 0 fully saturated rings. The van der Waals surface area contributed by atoms with Gasteiger partial charge in [0.1, 0.15) is 11.4 Å². The van der Waals surface area contributed by atoms with E-state index in [1.54, 1.807) is 0 Å². The smallest absolute Gasteiger partial charge is 0.308 e. The number of ether oxygens (including phenoxy) is 2. The van der Waals surface area contributed by atoms with Gasteiger partial charge in [0, 0.05) is 18.1 Å². The Kier molecular flexibility index (Phi) is 2.27. The molecule has 0 atom stereocenters. The summed E-state index contributed by atoms with van der Waals surface area (Å²) in [6.45, 7) is 7.30. The van der Waals surface area contributed by atoms with Crippen molar-refractivity contribution in [3.05, 3.63) is 39.8 Å². The van der Waals surface area contributed by atoms with Crippen molar-refractivity contribution in [2.45, 2.75) is 33.3 Å². The van der Waals surface area contributed by atoms with Crippen LogP contribution >= 0.6 is 0 Å². The van der Waals surface area contributed by atoms with Crippen LogP contribution in [0.3, 0.4) is 0 Å². The number of carbonyl (C=O) groups is 1. The number of aryl methyl sites for hydroxylation is 1. The molecule has 1 aromatic carbocycles. The summed E-state index contributed by atoms with van der Waals surface area (Å²) in [7, 11) is 0. The van der Waals surface area contributed by atoms with Gasteiger partial charge < -0.3 is 9.47 Å². The van der Waals surface area contributed by atoms with Gasteiger partial charge in [0.2, 0.25) is 0 Å². The highest BCUT2D eigenvalue weighted by Crippen LogP contribution is 2.50. The molecule has 3 rings (SSSR count). The molecule has 3 heteroatoms. The second-order valence-corrected chi connectivity index (χ2v) is 5.30. The van der Waals surface area contributed by atoms with Gasteiger partial charge in [-0.25, -0.2) is 0 Å². The van der Waals surface area contributed by atoms with Gasteiger partial charge in [0.15, 0.2) is 5.76 Å². The molecule has 1 heterocycles. The van der Waals surface area contributed by atoms with Gasteiger partial charge in [0.25, 0.3) is 0 Å². The van der Waals surface area contributed by atoms with Gasteiger partial charge in [-0.15, -0.1) is 0 Å². The summed E-state index contributed by atoms with van der Waals surface area (Å²) in [5.74, 6) is 0.918. The van der Waals surface area contributed by atoms with Gasteiger partial charge in [-0.05, 0) is 49.8 Å². The summed E-state index contributed by atoms with van der Waals surface area (Å²) in [6.07, 6.45) is 1.89. The molecule has 19 heavy (non-hydrogen) atoms. The van der Waals surface area contributed by atoms with Crippen molar-refractivity contribution in [1.29, 1.82) is 0 Å². The highest BCUT2D eigenvalue weighted by molar-refractivity contribution is 5.83. The first-order chi connectivity index (χ1) is 8.90. The molecule has 0 bridgehead atoms. The molecule has 0 unspecified atom stereocenters. The minimum atomic E-state index is -0.537. The van der Waals surface area contributed by atoms with Crippen molar-refractivity contribution in [2.24, 2.45) is 0 Å². The van der Waals surface area contributed by atoms with E-state index in [1.165, 1.54) is 6.92 Å². The average molecular weight is 254 g/mol. The van der Waals surface area contributed by atoms with E-state index in [2.05, 4.69) is 11.5 Å². The van der Waals surface area contributed by atoms with Crippen LogP contribution in [0.5, 0.6) is 5.75 Å². The largest absolute Gasteiger partial charge is 0.474 e. The van der Waals surface area contributed by atoms with E-state index in [1.807, 2.05) is 32.9 Å². The normalized spacial score (nSPS) is 16.7. The predicted molar refractivity (Wildman–Crippen MR) is 71.5 cm³/mol. The monoisotopic (exact) mass is 254 g/mol. The second kappa shape index (κ2) is 3.64. The quantitative estimate of drug-likeness (QED) is 0.438. The minimum absolute atomic E-state index is 0.328. The van der Waals surface area contributed by atoms with Crippen LogP contribution in [0.2, 0.25) is 0 Å². The average Bonchev–Trinajstić information content (AvgIpc) is 2.56. The van der Waals surface area contributed by atoms with E-state index >= 15 is 0 Å². The summed E-state index contributed by atoms with van der Waals surface area (Å²) in [5, 5.41) is 0. The fraction of sp³-hybridized carbons (Fsp3) is 0.312. The molecule has 0 saturated carbocycles. The molecule has 96 valence electrons. The van der Waals surface area contributed by atoms with Crippen molar-refractivity contribution >= 4 is 17.8 Å². The number of hydrogen-bond acceptors (Lipinski definition) is 3. The fourth-order valence-electron chi connectivity index (χ4n) is 2.68. The zero-order valence-corrected chi connectivity index (χ0v) is 11.4. The lowest BCUT2D eigenvalue weighted by molar-refractivity contribution is -0.132. The lowest BCUT2D eigenvalue weighted by atomic mass is 9.88. The van der Waals surface area contributed by atoms with Crippen LogP contribution in [0.1, 0.15) is 43.0 Å². The Morgan fingerprint density at radius 1 is 1.42 bits per heavy atom. The summed E-state index contributed by atoms with van der Waals surface area (Å²) < 4.78 is 11.3. The van der Waals surface area contributed by atoms with E-state index < -0.39 is 5.60 Å². The number of esters is 1. The highest BCUT2D eigenvalue weighted by atomic mass is 16.5. The van der Waals surface area contributed by atoms with Crippen LogP contribution < -0.4 is 4.74 Å². The molecule has 0 aromatic heterocycles. The zero-order chi connectivity index (χ0) is 13.8. The SMILES string of the molecule is CC(=O)Oc1cc(C)c2c3c1C(C)(C)OC3=C=C=C2. The Bertz CT molecular complexity index is 710. The predicted octanol–water partition coefficient (Wildman–Crippen LogP) is 3.31. The second-order valence-electron chi connectivity index (χ2n) is 5.30. The van der Waals surface area contributed by atoms with Crippen molar-refractivity contribution in [1.82, 2.24) is 0 Å². The molecule has 1 aromatic rings. The maximum Gasteiger partial charge on any atom is 0.308 e.